The van der Waals surface area contributed by atoms with E-state index in [2.05, 4.69) is 17.2 Å². The third-order valence-corrected chi connectivity index (χ3v) is 2.37. The Kier molecular flexibility index (Phi) is 5.79. The van der Waals surface area contributed by atoms with Gasteiger partial charge in [-0.1, -0.05) is 11.8 Å². The first kappa shape index (κ1) is 18.6. The highest BCUT2D eigenvalue weighted by Gasteiger charge is 2.31. The van der Waals surface area contributed by atoms with E-state index in [1.165, 1.54) is 6.07 Å². The van der Waals surface area contributed by atoms with Crippen molar-refractivity contribution in [3.8, 4) is 11.8 Å². The zero-order valence-electron chi connectivity index (χ0n) is 12.9. The van der Waals surface area contributed by atoms with Crippen LogP contribution in [0.25, 0.3) is 0 Å². The van der Waals surface area contributed by atoms with Crippen LogP contribution in [0.2, 0.25) is 0 Å². The lowest BCUT2D eigenvalue weighted by atomic mass is 10.1. The molecule has 124 valence electrons. The van der Waals surface area contributed by atoms with Crippen LogP contribution in [0.5, 0.6) is 0 Å². The van der Waals surface area contributed by atoms with Gasteiger partial charge < -0.3 is 10.1 Å². The molecule has 0 aliphatic carbocycles. The highest BCUT2D eigenvalue weighted by atomic mass is 19.4. The van der Waals surface area contributed by atoms with Crippen molar-refractivity contribution in [1.29, 1.82) is 0 Å². The molecule has 4 nitrogen and oxygen atoms in total. The minimum absolute atomic E-state index is 0.0351. The second-order valence-electron chi connectivity index (χ2n) is 5.62. The number of halogens is 3. The molecule has 7 heteroatoms. The molecule has 1 N–H and O–H groups in total. The van der Waals surface area contributed by atoms with Gasteiger partial charge in [-0.2, -0.15) is 13.2 Å². The van der Waals surface area contributed by atoms with Gasteiger partial charge >= 0.3 is 12.3 Å². The van der Waals surface area contributed by atoms with E-state index in [1.807, 2.05) is 0 Å². The number of rotatable bonds is 2. The minimum atomic E-state index is -4.57. The molecule has 1 amide bonds. The molecule has 0 aromatic heterocycles. The Balaban J connectivity index is 2.79. The first-order chi connectivity index (χ1) is 10.5. The van der Waals surface area contributed by atoms with Crippen molar-refractivity contribution in [3.05, 3.63) is 34.9 Å². The average molecular weight is 327 g/mol. The molecule has 23 heavy (non-hydrogen) atoms. The van der Waals surface area contributed by atoms with E-state index >= 15 is 0 Å². The summed E-state index contributed by atoms with van der Waals surface area (Å²) in [6, 6.07) is 2.83. The molecule has 0 unspecified atom stereocenters. The van der Waals surface area contributed by atoms with Crippen LogP contribution in [0.1, 0.15) is 42.3 Å². The third-order valence-electron chi connectivity index (χ3n) is 2.37. The van der Waals surface area contributed by atoms with Gasteiger partial charge in [0.1, 0.15) is 11.9 Å². The van der Waals surface area contributed by atoms with Gasteiger partial charge in [-0.25, -0.2) is 4.79 Å². The smallest absolute Gasteiger partial charge is 0.416 e. The molecule has 0 heterocycles. The van der Waals surface area contributed by atoms with Gasteiger partial charge in [0.05, 0.1) is 12.1 Å². The summed E-state index contributed by atoms with van der Waals surface area (Å²) in [4.78, 5) is 22.1. The van der Waals surface area contributed by atoms with Crippen LogP contribution in [-0.4, -0.2) is 24.5 Å². The number of hydrogen-bond acceptors (Lipinski definition) is 3. The molecule has 1 rings (SSSR count). The zero-order valence-corrected chi connectivity index (χ0v) is 12.9. The quantitative estimate of drug-likeness (QED) is 0.669. The van der Waals surface area contributed by atoms with Gasteiger partial charge in [0, 0.05) is 11.1 Å². The second kappa shape index (κ2) is 7.18. The standard InChI is InChI=1S/C16H16F3NO3/c1-15(2,3)23-14(22)20-6-4-5-11-7-12(10-21)9-13(8-11)16(17,18)19/h7-10H,6H2,1-3H3,(H,20,22). The largest absolute Gasteiger partial charge is 0.444 e. The van der Waals surface area contributed by atoms with Gasteiger partial charge in [0.2, 0.25) is 0 Å². The molecule has 0 saturated carbocycles. The van der Waals surface area contributed by atoms with Crippen molar-refractivity contribution in [1.82, 2.24) is 5.32 Å². The number of carbonyl (C=O) groups is 2. The first-order valence-electron chi connectivity index (χ1n) is 6.64. The maximum absolute atomic E-state index is 12.7. The monoisotopic (exact) mass is 327 g/mol. The van der Waals surface area contributed by atoms with Gasteiger partial charge in [-0.3, -0.25) is 4.79 Å². The van der Waals surface area contributed by atoms with Crippen molar-refractivity contribution in [3.63, 3.8) is 0 Å². The van der Waals surface area contributed by atoms with Crippen LogP contribution < -0.4 is 5.32 Å². The molecule has 0 bridgehead atoms. The predicted octanol–water partition coefficient (Wildman–Crippen LogP) is 3.39. The highest BCUT2D eigenvalue weighted by molar-refractivity contribution is 5.76. The van der Waals surface area contributed by atoms with Gasteiger partial charge in [-0.15, -0.1) is 0 Å². The molecular weight excluding hydrogens is 311 g/mol. The summed E-state index contributed by atoms with van der Waals surface area (Å²) < 4.78 is 43.1. The Morgan fingerprint density at radius 2 is 1.91 bits per heavy atom. The molecule has 0 fully saturated rings. The summed E-state index contributed by atoms with van der Waals surface area (Å²) >= 11 is 0. The van der Waals surface area contributed by atoms with Crippen LogP contribution in [0.4, 0.5) is 18.0 Å². The Morgan fingerprint density at radius 1 is 1.26 bits per heavy atom. The van der Waals surface area contributed by atoms with E-state index in [-0.39, 0.29) is 17.7 Å². The third kappa shape index (κ3) is 6.87. The number of alkyl halides is 3. The lowest BCUT2D eigenvalue weighted by Crippen LogP contribution is -2.32. The van der Waals surface area contributed by atoms with Gasteiger partial charge in [-0.05, 0) is 39.0 Å². The molecule has 1 aromatic rings. The van der Waals surface area contributed by atoms with Gasteiger partial charge in [0.25, 0.3) is 0 Å². The summed E-state index contributed by atoms with van der Waals surface area (Å²) in [6.07, 6.45) is -4.92. The number of ether oxygens (including phenoxy) is 1. The fourth-order valence-corrected chi connectivity index (χ4v) is 1.53. The van der Waals surface area contributed by atoms with Crippen LogP contribution in [0, 0.1) is 11.8 Å². The van der Waals surface area contributed by atoms with Crippen LogP contribution in [-0.2, 0) is 10.9 Å². The predicted molar refractivity (Wildman–Crippen MR) is 77.9 cm³/mol. The summed E-state index contributed by atoms with van der Waals surface area (Å²) in [6.45, 7) is 4.99. The summed E-state index contributed by atoms with van der Waals surface area (Å²) in [5.41, 5.74) is -1.69. The minimum Gasteiger partial charge on any atom is -0.444 e. The molecule has 0 saturated heterocycles. The van der Waals surface area contributed by atoms with E-state index in [1.54, 1.807) is 20.8 Å². The summed E-state index contributed by atoms with van der Waals surface area (Å²) in [7, 11) is 0. The number of amides is 1. The number of benzene rings is 1. The molecular formula is C16H16F3NO3. The summed E-state index contributed by atoms with van der Waals surface area (Å²) in [5.74, 6) is 4.97. The topological polar surface area (TPSA) is 55.4 Å². The van der Waals surface area contributed by atoms with Crippen LogP contribution in [0.3, 0.4) is 0 Å². The molecule has 0 aliphatic rings. The van der Waals surface area contributed by atoms with Gasteiger partial charge in [0.15, 0.2) is 0 Å². The molecule has 0 radical (unpaired) electrons. The Morgan fingerprint density at radius 3 is 2.43 bits per heavy atom. The zero-order chi connectivity index (χ0) is 17.7. The Labute approximate surface area is 132 Å². The summed E-state index contributed by atoms with van der Waals surface area (Å²) in [5, 5.41) is 2.36. The normalized spacial score (nSPS) is 11.2. The molecule has 0 atom stereocenters. The van der Waals surface area contributed by atoms with Crippen LogP contribution >= 0.6 is 0 Å². The lowest BCUT2D eigenvalue weighted by Gasteiger charge is -2.19. The fraction of sp³-hybridized carbons (Fsp3) is 0.375. The maximum Gasteiger partial charge on any atom is 0.416 e. The van der Waals surface area contributed by atoms with Crippen molar-refractivity contribution >= 4 is 12.4 Å². The van der Waals surface area contributed by atoms with Crippen LogP contribution in [0.15, 0.2) is 18.2 Å². The van der Waals surface area contributed by atoms with E-state index in [0.29, 0.717) is 6.29 Å². The highest BCUT2D eigenvalue weighted by Crippen LogP contribution is 2.30. The number of hydrogen-bond donors (Lipinski definition) is 1. The van der Waals surface area contributed by atoms with Crippen molar-refractivity contribution in [2.24, 2.45) is 0 Å². The first-order valence-corrected chi connectivity index (χ1v) is 6.64. The Bertz CT molecular complexity index is 649. The van der Waals surface area contributed by atoms with E-state index in [9.17, 15) is 22.8 Å². The lowest BCUT2D eigenvalue weighted by molar-refractivity contribution is -0.137. The van der Waals surface area contributed by atoms with E-state index < -0.39 is 23.4 Å². The van der Waals surface area contributed by atoms with Crippen molar-refractivity contribution in [2.45, 2.75) is 32.5 Å². The second-order valence-corrected chi connectivity index (χ2v) is 5.62. The number of carbonyl (C=O) groups excluding carboxylic acids is 2. The fourth-order valence-electron chi connectivity index (χ4n) is 1.53. The number of nitrogens with one attached hydrogen (secondary N) is 1. The average Bonchev–Trinajstić information content (AvgIpc) is 2.40. The molecule has 1 aromatic carbocycles. The van der Waals surface area contributed by atoms with E-state index in [0.717, 1.165) is 12.1 Å². The Hall–Kier alpha value is -2.49. The van der Waals surface area contributed by atoms with E-state index in [4.69, 9.17) is 4.74 Å². The number of alkyl carbamates (subject to hydrolysis) is 1. The molecule has 0 spiro atoms. The number of aldehydes is 1. The van der Waals surface area contributed by atoms with Crippen molar-refractivity contribution < 1.29 is 27.5 Å². The maximum atomic E-state index is 12.7. The van der Waals surface area contributed by atoms with Crippen molar-refractivity contribution in [2.75, 3.05) is 6.54 Å². The SMILES string of the molecule is CC(C)(C)OC(=O)NCC#Cc1cc(C=O)cc(C(F)(F)F)c1. The molecule has 0 aliphatic heterocycles.